The summed E-state index contributed by atoms with van der Waals surface area (Å²) in [5.74, 6) is -0.344. The van der Waals surface area contributed by atoms with E-state index in [0.717, 1.165) is 19.3 Å². The average Bonchev–Trinajstić information content (AvgIpc) is 3.23. The number of nitrogens with one attached hydrogen (secondary N) is 1. The zero-order valence-corrected chi connectivity index (χ0v) is 13.9. The van der Waals surface area contributed by atoms with Crippen molar-refractivity contribution in [2.45, 2.75) is 32.2 Å². The first-order valence-electron chi connectivity index (χ1n) is 8.16. The number of benzene rings is 1. The molecule has 0 spiro atoms. The smallest absolute Gasteiger partial charge is 0.294 e. The van der Waals surface area contributed by atoms with Gasteiger partial charge in [-0.05, 0) is 25.0 Å². The normalized spacial score (nSPS) is 22.7. The van der Waals surface area contributed by atoms with Gasteiger partial charge in [0.05, 0.1) is 11.5 Å². The lowest BCUT2D eigenvalue weighted by Crippen LogP contribution is -2.44. The van der Waals surface area contributed by atoms with Gasteiger partial charge in [0, 0.05) is 23.7 Å². The van der Waals surface area contributed by atoms with Gasteiger partial charge < -0.3 is 10.4 Å². The fraction of sp³-hybridized carbons (Fsp3) is 0.412. The predicted octanol–water partition coefficient (Wildman–Crippen LogP) is 2.06. The van der Waals surface area contributed by atoms with Gasteiger partial charge in [0.1, 0.15) is 5.69 Å². The number of hydrogen-bond acceptors (Lipinski definition) is 5. The maximum atomic E-state index is 12.5. The van der Waals surface area contributed by atoms with Gasteiger partial charge in [-0.25, -0.2) is 4.68 Å². The number of rotatable bonds is 5. The maximum Gasteiger partial charge on any atom is 0.294 e. The Hall–Kier alpha value is -2.74. The van der Waals surface area contributed by atoms with E-state index in [-0.39, 0.29) is 35.4 Å². The lowest BCUT2D eigenvalue weighted by Gasteiger charge is -2.29. The molecule has 8 heteroatoms. The molecule has 0 saturated heterocycles. The molecule has 1 heterocycles. The van der Waals surface area contributed by atoms with Gasteiger partial charge >= 0.3 is 0 Å². The molecule has 3 rings (SSSR count). The van der Waals surface area contributed by atoms with Crippen molar-refractivity contribution in [1.82, 2.24) is 15.1 Å². The van der Waals surface area contributed by atoms with Crippen LogP contribution in [0.15, 0.2) is 36.5 Å². The second-order valence-electron chi connectivity index (χ2n) is 6.62. The number of nitro groups is 1. The summed E-state index contributed by atoms with van der Waals surface area (Å²) in [5, 5.41) is 27.8. The molecular formula is C17H20N4O4. The molecular weight excluding hydrogens is 324 g/mol. The van der Waals surface area contributed by atoms with Crippen LogP contribution < -0.4 is 5.32 Å². The molecule has 1 saturated carbocycles. The molecule has 0 radical (unpaired) electrons. The van der Waals surface area contributed by atoms with Gasteiger partial charge in [-0.3, -0.25) is 14.9 Å². The monoisotopic (exact) mass is 344 g/mol. The van der Waals surface area contributed by atoms with Crippen LogP contribution in [0.4, 0.5) is 5.69 Å². The molecule has 2 atom stereocenters. The van der Waals surface area contributed by atoms with E-state index in [1.807, 2.05) is 6.92 Å². The Labute approximate surface area is 144 Å². The van der Waals surface area contributed by atoms with Crippen LogP contribution in [0.2, 0.25) is 0 Å². The summed E-state index contributed by atoms with van der Waals surface area (Å²) in [6.45, 7) is 1.97. The second-order valence-corrected chi connectivity index (χ2v) is 6.62. The number of aliphatic hydroxyl groups is 1. The predicted molar refractivity (Wildman–Crippen MR) is 90.5 cm³/mol. The van der Waals surface area contributed by atoms with Crippen molar-refractivity contribution in [2.75, 3.05) is 6.61 Å². The Kier molecular flexibility index (Phi) is 4.54. The van der Waals surface area contributed by atoms with Crippen LogP contribution in [0.1, 0.15) is 36.7 Å². The molecule has 1 amide bonds. The van der Waals surface area contributed by atoms with Crippen molar-refractivity contribution in [3.05, 3.63) is 52.3 Å². The summed E-state index contributed by atoms with van der Waals surface area (Å²) in [4.78, 5) is 23.1. The highest BCUT2D eigenvalue weighted by Crippen LogP contribution is 2.37. The first kappa shape index (κ1) is 17.1. The summed E-state index contributed by atoms with van der Waals surface area (Å²) in [7, 11) is 0. The third kappa shape index (κ3) is 3.25. The van der Waals surface area contributed by atoms with Crippen molar-refractivity contribution in [3.63, 3.8) is 0 Å². The third-order valence-corrected chi connectivity index (χ3v) is 4.90. The second kappa shape index (κ2) is 6.64. The van der Waals surface area contributed by atoms with Crippen LogP contribution in [0.5, 0.6) is 0 Å². The summed E-state index contributed by atoms with van der Waals surface area (Å²) >= 11 is 0. The number of aliphatic hydroxyl groups excluding tert-OH is 1. The molecule has 0 aliphatic heterocycles. The Balaban J connectivity index is 1.80. The van der Waals surface area contributed by atoms with Gasteiger partial charge in [0.2, 0.25) is 0 Å². The molecule has 1 aromatic carbocycles. The van der Waals surface area contributed by atoms with E-state index in [2.05, 4.69) is 10.4 Å². The lowest BCUT2D eigenvalue weighted by atomic mass is 9.86. The van der Waals surface area contributed by atoms with Gasteiger partial charge in [-0.15, -0.1) is 0 Å². The van der Waals surface area contributed by atoms with E-state index < -0.39 is 4.92 Å². The minimum atomic E-state index is -0.484. The Morgan fingerprint density at radius 3 is 2.96 bits per heavy atom. The van der Waals surface area contributed by atoms with E-state index >= 15 is 0 Å². The highest BCUT2D eigenvalue weighted by molar-refractivity contribution is 5.92. The number of nitrogens with zero attached hydrogens (tertiary/aromatic N) is 3. The van der Waals surface area contributed by atoms with E-state index in [1.165, 1.54) is 23.0 Å². The minimum Gasteiger partial charge on any atom is -0.396 e. The number of nitro benzene ring substituents is 1. The van der Waals surface area contributed by atoms with Gasteiger partial charge in [-0.2, -0.15) is 5.10 Å². The fourth-order valence-corrected chi connectivity index (χ4v) is 3.29. The SMILES string of the molecule is C[C@]1(CO)CCC[C@@H]1NC(=O)c1ccn(-c2ccccc2[N+](=O)[O-])n1. The zero-order chi connectivity index (χ0) is 18.0. The summed E-state index contributed by atoms with van der Waals surface area (Å²) in [6.07, 6.45) is 4.15. The number of aromatic nitrogens is 2. The zero-order valence-electron chi connectivity index (χ0n) is 13.9. The van der Waals surface area contributed by atoms with Crippen molar-refractivity contribution in [1.29, 1.82) is 0 Å². The Morgan fingerprint density at radius 1 is 1.48 bits per heavy atom. The van der Waals surface area contributed by atoms with E-state index in [0.29, 0.717) is 5.69 Å². The molecule has 0 unspecified atom stereocenters. The summed E-state index contributed by atoms with van der Waals surface area (Å²) in [6, 6.07) is 7.64. The van der Waals surface area contributed by atoms with Gasteiger partial charge in [0.15, 0.2) is 5.69 Å². The van der Waals surface area contributed by atoms with Gasteiger partial charge in [-0.1, -0.05) is 25.5 Å². The first-order valence-corrected chi connectivity index (χ1v) is 8.16. The molecule has 0 bridgehead atoms. The molecule has 2 N–H and O–H groups in total. The van der Waals surface area contributed by atoms with E-state index in [9.17, 15) is 20.0 Å². The number of amides is 1. The largest absolute Gasteiger partial charge is 0.396 e. The Morgan fingerprint density at radius 2 is 2.24 bits per heavy atom. The fourth-order valence-electron chi connectivity index (χ4n) is 3.29. The minimum absolute atomic E-state index is 0.0165. The molecule has 25 heavy (non-hydrogen) atoms. The maximum absolute atomic E-state index is 12.5. The lowest BCUT2D eigenvalue weighted by molar-refractivity contribution is -0.384. The third-order valence-electron chi connectivity index (χ3n) is 4.90. The topological polar surface area (TPSA) is 110 Å². The quantitative estimate of drug-likeness (QED) is 0.637. The highest BCUT2D eigenvalue weighted by Gasteiger charge is 2.39. The van der Waals surface area contributed by atoms with Crippen LogP contribution in [0.25, 0.3) is 5.69 Å². The molecule has 1 aliphatic rings. The summed E-state index contributed by atoms with van der Waals surface area (Å²) in [5.41, 5.74) is 0.0790. The first-order chi connectivity index (χ1) is 11.9. The average molecular weight is 344 g/mol. The van der Waals surface area contributed by atoms with Gasteiger partial charge in [0.25, 0.3) is 11.6 Å². The van der Waals surface area contributed by atoms with Crippen LogP contribution in [-0.2, 0) is 0 Å². The van der Waals surface area contributed by atoms with Crippen molar-refractivity contribution in [3.8, 4) is 5.69 Å². The molecule has 1 aromatic heterocycles. The Bertz CT molecular complexity index is 803. The van der Waals surface area contributed by atoms with Crippen molar-refractivity contribution < 1.29 is 14.8 Å². The van der Waals surface area contributed by atoms with Crippen LogP contribution in [0, 0.1) is 15.5 Å². The molecule has 132 valence electrons. The number of carbonyl (C=O) groups is 1. The van der Waals surface area contributed by atoms with Crippen LogP contribution in [0.3, 0.4) is 0 Å². The molecule has 1 fully saturated rings. The van der Waals surface area contributed by atoms with Crippen LogP contribution >= 0.6 is 0 Å². The highest BCUT2D eigenvalue weighted by atomic mass is 16.6. The number of para-hydroxylation sites is 2. The standard InChI is InChI=1S/C17H20N4O4/c1-17(11-22)9-4-7-15(17)18-16(23)12-8-10-20(19-12)13-5-2-3-6-14(13)21(24)25/h2-3,5-6,8,10,15,22H,4,7,9,11H2,1H3,(H,18,23)/t15-,17+/m0/s1. The molecule has 8 nitrogen and oxygen atoms in total. The number of hydrogen-bond donors (Lipinski definition) is 2. The summed E-state index contributed by atoms with van der Waals surface area (Å²) < 4.78 is 1.33. The van der Waals surface area contributed by atoms with Crippen molar-refractivity contribution in [2.24, 2.45) is 5.41 Å². The van der Waals surface area contributed by atoms with Crippen molar-refractivity contribution >= 4 is 11.6 Å². The van der Waals surface area contributed by atoms with E-state index in [1.54, 1.807) is 18.2 Å². The molecule has 2 aromatic rings. The van der Waals surface area contributed by atoms with E-state index in [4.69, 9.17) is 0 Å². The molecule has 1 aliphatic carbocycles. The number of carbonyl (C=O) groups excluding carboxylic acids is 1. The van der Waals surface area contributed by atoms with Crippen LogP contribution in [-0.4, -0.2) is 38.4 Å².